The van der Waals surface area contributed by atoms with Gasteiger partial charge in [0.2, 0.25) is 11.8 Å². The largest absolute Gasteiger partial charge is 0.352 e. The molecule has 1 saturated heterocycles. The number of hydrogen-bond donors (Lipinski definition) is 1. The first kappa shape index (κ1) is 16.0. The van der Waals surface area contributed by atoms with Crippen LogP contribution in [-0.4, -0.2) is 33.3 Å². The summed E-state index contributed by atoms with van der Waals surface area (Å²) in [6.45, 7) is 1.18. The molecule has 4 nitrogen and oxygen atoms in total. The average Bonchev–Trinajstić information content (AvgIpc) is 2.82. The number of thiocarbonyl (C=S) groups is 1. The van der Waals surface area contributed by atoms with Gasteiger partial charge < -0.3 is 5.32 Å². The van der Waals surface area contributed by atoms with Crippen molar-refractivity contribution in [1.29, 1.82) is 0 Å². The lowest BCUT2D eigenvalue weighted by atomic mass is 10.2. The van der Waals surface area contributed by atoms with Crippen molar-refractivity contribution in [2.75, 3.05) is 12.3 Å². The van der Waals surface area contributed by atoms with Gasteiger partial charge in [0.25, 0.3) is 0 Å². The number of nitrogens with one attached hydrogen (secondary N) is 1. The standard InChI is InChI=1S/C15H18N2O2S2/c18-13(16-10-12-6-2-1-3-7-12)8-4-5-9-17-14(19)11-21-15(17)20/h1-3,6-7H,4-5,8-11H2,(H,16,18). The number of rotatable bonds is 7. The quantitative estimate of drug-likeness (QED) is 0.618. The molecule has 112 valence electrons. The zero-order valence-electron chi connectivity index (χ0n) is 11.7. The van der Waals surface area contributed by atoms with Crippen molar-refractivity contribution < 1.29 is 9.59 Å². The summed E-state index contributed by atoms with van der Waals surface area (Å²) in [5.41, 5.74) is 1.09. The number of carbonyl (C=O) groups is 2. The monoisotopic (exact) mass is 322 g/mol. The molecule has 0 aliphatic carbocycles. The molecule has 0 saturated carbocycles. The molecule has 0 bridgehead atoms. The van der Waals surface area contributed by atoms with Gasteiger partial charge in [0, 0.05) is 19.5 Å². The highest BCUT2D eigenvalue weighted by Crippen LogP contribution is 2.19. The number of benzene rings is 1. The molecule has 1 aromatic carbocycles. The van der Waals surface area contributed by atoms with Gasteiger partial charge in [-0.25, -0.2) is 0 Å². The smallest absolute Gasteiger partial charge is 0.238 e. The fourth-order valence-electron chi connectivity index (χ4n) is 2.04. The van der Waals surface area contributed by atoms with Crippen LogP contribution in [0.5, 0.6) is 0 Å². The summed E-state index contributed by atoms with van der Waals surface area (Å²) in [6.07, 6.45) is 2.04. The molecule has 1 N–H and O–H groups in total. The summed E-state index contributed by atoms with van der Waals surface area (Å²) in [5.74, 6) is 0.582. The minimum atomic E-state index is 0.0450. The zero-order valence-corrected chi connectivity index (χ0v) is 13.3. The number of thioether (sulfide) groups is 1. The van der Waals surface area contributed by atoms with Crippen molar-refractivity contribution in [3.63, 3.8) is 0 Å². The van der Waals surface area contributed by atoms with E-state index in [1.807, 2.05) is 30.3 Å². The van der Waals surface area contributed by atoms with Crippen LogP contribution in [0.2, 0.25) is 0 Å². The maximum atomic E-state index is 11.7. The van der Waals surface area contributed by atoms with Crippen LogP contribution in [-0.2, 0) is 16.1 Å². The van der Waals surface area contributed by atoms with E-state index in [1.165, 1.54) is 11.8 Å². The molecule has 0 spiro atoms. The highest BCUT2D eigenvalue weighted by Gasteiger charge is 2.25. The molecule has 1 heterocycles. The van der Waals surface area contributed by atoms with E-state index in [2.05, 4.69) is 5.32 Å². The third-order valence-electron chi connectivity index (χ3n) is 3.21. The molecular formula is C15H18N2O2S2. The first-order chi connectivity index (χ1) is 10.2. The number of nitrogens with zero attached hydrogens (tertiary/aromatic N) is 1. The Morgan fingerprint density at radius 3 is 2.71 bits per heavy atom. The first-order valence-corrected chi connectivity index (χ1v) is 8.34. The Bertz CT molecular complexity index is 504. The molecule has 1 aliphatic rings. The number of carbonyl (C=O) groups excluding carboxylic acids is 2. The maximum Gasteiger partial charge on any atom is 0.238 e. The number of hydrogen-bond acceptors (Lipinski definition) is 4. The number of unbranched alkanes of at least 4 members (excludes halogenated alkanes) is 1. The molecule has 2 amide bonds. The van der Waals surface area contributed by atoms with Crippen LogP contribution in [0.25, 0.3) is 0 Å². The summed E-state index contributed by atoms with van der Waals surface area (Å²) < 4.78 is 0.661. The second-order valence-electron chi connectivity index (χ2n) is 4.82. The highest BCUT2D eigenvalue weighted by molar-refractivity contribution is 8.23. The van der Waals surface area contributed by atoms with Crippen LogP contribution in [0.4, 0.5) is 0 Å². The maximum absolute atomic E-state index is 11.7. The Kier molecular flexibility index (Phi) is 6.20. The number of amides is 2. The van der Waals surface area contributed by atoms with E-state index < -0.39 is 0 Å². The van der Waals surface area contributed by atoms with Gasteiger partial charge in [-0.05, 0) is 18.4 Å². The summed E-state index contributed by atoms with van der Waals surface area (Å²) >= 11 is 6.52. The molecule has 1 fully saturated rings. The Balaban J connectivity index is 1.59. The fourth-order valence-corrected chi connectivity index (χ4v) is 3.16. The van der Waals surface area contributed by atoms with E-state index in [0.717, 1.165) is 18.4 Å². The zero-order chi connectivity index (χ0) is 15.1. The lowest BCUT2D eigenvalue weighted by molar-refractivity contribution is -0.124. The predicted octanol–water partition coefficient (Wildman–Crippen LogP) is 2.33. The molecule has 1 aliphatic heterocycles. The molecule has 21 heavy (non-hydrogen) atoms. The van der Waals surface area contributed by atoms with Crippen molar-refractivity contribution in [1.82, 2.24) is 10.2 Å². The van der Waals surface area contributed by atoms with Gasteiger partial charge in [0.05, 0.1) is 5.75 Å². The van der Waals surface area contributed by atoms with Crippen LogP contribution in [0, 0.1) is 0 Å². The van der Waals surface area contributed by atoms with Crippen LogP contribution in [0.3, 0.4) is 0 Å². The van der Waals surface area contributed by atoms with Gasteiger partial charge in [-0.15, -0.1) is 0 Å². The fraction of sp³-hybridized carbons (Fsp3) is 0.400. The topological polar surface area (TPSA) is 49.4 Å². The second-order valence-corrected chi connectivity index (χ2v) is 6.43. The molecule has 0 radical (unpaired) electrons. The van der Waals surface area contributed by atoms with E-state index >= 15 is 0 Å². The Morgan fingerprint density at radius 1 is 1.29 bits per heavy atom. The van der Waals surface area contributed by atoms with Crippen molar-refractivity contribution in [2.45, 2.75) is 25.8 Å². The van der Waals surface area contributed by atoms with Crippen LogP contribution in [0.15, 0.2) is 30.3 Å². The Hall–Kier alpha value is -1.40. The molecule has 0 atom stereocenters. The van der Waals surface area contributed by atoms with Gasteiger partial charge in [0.1, 0.15) is 4.32 Å². The van der Waals surface area contributed by atoms with Crippen molar-refractivity contribution in [3.05, 3.63) is 35.9 Å². The van der Waals surface area contributed by atoms with Crippen molar-refractivity contribution in [2.24, 2.45) is 0 Å². The Labute approximate surface area is 134 Å². The summed E-state index contributed by atoms with van der Waals surface area (Å²) in [7, 11) is 0. The van der Waals surface area contributed by atoms with Crippen LogP contribution in [0.1, 0.15) is 24.8 Å². The molecule has 2 rings (SSSR count). The van der Waals surface area contributed by atoms with Crippen molar-refractivity contribution >= 4 is 40.1 Å². The molecule has 0 aromatic heterocycles. The summed E-state index contributed by atoms with van der Waals surface area (Å²) in [4.78, 5) is 24.9. The first-order valence-electron chi connectivity index (χ1n) is 6.94. The van der Waals surface area contributed by atoms with Gasteiger partial charge >= 0.3 is 0 Å². The van der Waals surface area contributed by atoms with Gasteiger partial charge in [-0.3, -0.25) is 14.5 Å². The van der Waals surface area contributed by atoms with Gasteiger partial charge in [0.15, 0.2) is 0 Å². The molecule has 0 unspecified atom stereocenters. The third-order valence-corrected chi connectivity index (χ3v) is 4.64. The summed E-state index contributed by atoms with van der Waals surface area (Å²) in [5, 5.41) is 2.90. The van der Waals surface area contributed by atoms with Crippen LogP contribution < -0.4 is 5.32 Å². The minimum Gasteiger partial charge on any atom is -0.352 e. The van der Waals surface area contributed by atoms with E-state index in [9.17, 15) is 9.59 Å². The minimum absolute atomic E-state index is 0.0450. The van der Waals surface area contributed by atoms with Gasteiger partial charge in [-0.2, -0.15) is 0 Å². The van der Waals surface area contributed by atoms with E-state index in [1.54, 1.807) is 4.90 Å². The van der Waals surface area contributed by atoms with Crippen LogP contribution >= 0.6 is 24.0 Å². The normalized spacial score (nSPS) is 14.6. The lowest BCUT2D eigenvalue weighted by Crippen LogP contribution is -2.29. The molecule has 6 heteroatoms. The SMILES string of the molecule is O=C(CCCCN1C(=O)CSC1=S)NCc1ccccc1. The molecular weight excluding hydrogens is 304 g/mol. The van der Waals surface area contributed by atoms with E-state index in [-0.39, 0.29) is 11.8 Å². The molecule has 1 aromatic rings. The average molecular weight is 322 g/mol. The highest BCUT2D eigenvalue weighted by atomic mass is 32.2. The Morgan fingerprint density at radius 2 is 2.05 bits per heavy atom. The van der Waals surface area contributed by atoms with E-state index in [4.69, 9.17) is 12.2 Å². The van der Waals surface area contributed by atoms with Gasteiger partial charge in [-0.1, -0.05) is 54.3 Å². The van der Waals surface area contributed by atoms with Crippen molar-refractivity contribution in [3.8, 4) is 0 Å². The van der Waals surface area contributed by atoms with E-state index in [0.29, 0.717) is 29.6 Å². The third kappa shape index (κ3) is 5.13. The lowest BCUT2D eigenvalue weighted by Gasteiger charge is -2.14. The summed E-state index contributed by atoms with van der Waals surface area (Å²) in [6, 6.07) is 9.83. The predicted molar refractivity (Wildman–Crippen MR) is 88.9 cm³/mol. The second kappa shape index (κ2) is 8.14.